The van der Waals surface area contributed by atoms with Gasteiger partial charge in [-0.2, -0.15) is 0 Å². The maximum absolute atomic E-state index is 12.1. The van der Waals surface area contributed by atoms with Crippen LogP contribution in [0.25, 0.3) is 0 Å². The van der Waals surface area contributed by atoms with Gasteiger partial charge in [0, 0.05) is 13.6 Å². The summed E-state index contributed by atoms with van der Waals surface area (Å²) in [7, 11) is 1.51. The van der Waals surface area contributed by atoms with E-state index in [9.17, 15) is 4.79 Å². The average molecular weight is 431 g/mol. The Kier molecular flexibility index (Phi) is 15.0. The fourth-order valence-electron chi connectivity index (χ4n) is 2.47. The third kappa shape index (κ3) is 12.9. The van der Waals surface area contributed by atoms with Crippen LogP contribution in [0.2, 0.25) is 0 Å². The summed E-state index contributed by atoms with van der Waals surface area (Å²) >= 11 is 22.0. The van der Waals surface area contributed by atoms with Gasteiger partial charge in [0.2, 0.25) is 3.79 Å². The molecule has 0 aliphatic heterocycles. The van der Waals surface area contributed by atoms with Crippen molar-refractivity contribution in [3.8, 4) is 0 Å². The van der Waals surface area contributed by atoms with Crippen molar-refractivity contribution in [1.29, 1.82) is 0 Å². The minimum absolute atomic E-state index is 0.346. The maximum atomic E-state index is 12.1. The van der Waals surface area contributed by atoms with E-state index in [0.29, 0.717) is 6.54 Å². The van der Waals surface area contributed by atoms with Gasteiger partial charge in [0.25, 0.3) is 0 Å². The lowest BCUT2D eigenvalue weighted by Crippen LogP contribution is -2.48. The molecular formula is C17H30Cl3N3OS. The molecule has 25 heavy (non-hydrogen) atoms. The fourth-order valence-corrected chi connectivity index (χ4v) is 3.16. The van der Waals surface area contributed by atoms with Crippen molar-refractivity contribution in [3.63, 3.8) is 0 Å². The molecule has 0 aromatic heterocycles. The van der Waals surface area contributed by atoms with E-state index in [1.165, 1.54) is 63.3 Å². The quantitative estimate of drug-likeness (QED) is 0.160. The standard InChI is InChI=1S/C17H30Cl3N3OS/c1-3-4-5-6-7-8-9-10-11-12-13-21-16(24)23(2)15(22-14-25)17(18,19)20/h15H,3-13H2,1-2H3,(H,21,24). The number of halogens is 3. The van der Waals surface area contributed by atoms with Gasteiger partial charge in [-0.05, 0) is 18.6 Å². The van der Waals surface area contributed by atoms with Gasteiger partial charge in [-0.15, -0.1) is 0 Å². The van der Waals surface area contributed by atoms with E-state index < -0.39 is 9.96 Å². The number of carbonyl (C=O) groups excluding carboxylic acids is 1. The molecule has 0 saturated heterocycles. The SMILES string of the molecule is CCCCCCCCCCCCNC(=O)N(C)C(N=C=S)C(Cl)(Cl)Cl. The van der Waals surface area contributed by atoms with Gasteiger partial charge in [-0.1, -0.05) is 99.5 Å². The van der Waals surface area contributed by atoms with E-state index in [2.05, 4.69) is 34.6 Å². The monoisotopic (exact) mass is 429 g/mol. The van der Waals surface area contributed by atoms with Crippen LogP contribution >= 0.6 is 47.0 Å². The van der Waals surface area contributed by atoms with Crippen molar-refractivity contribution in [2.75, 3.05) is 13.6 Å². The van der Waals surface area contributed by atoms with Crippen LogP contribution in [0.4, 0.5) is 4.79 Å². The Morgan fingerprint density at radius 2 is 1.56 bits per heavy atom. The van der Waals surface area contributed by atoms with E-state index in [4.69, 9.17) is 34.8 Å². The Hall–Kier alpha value is -0.0600. The highest BCUT2D eigenvalue weighted by Gasteiger charge is 2.37. The minimum Gasteiger partial charge on any atom is -0.338 e. The van der Waals surface area contributed by atoms with Crippen molar-refractivity contribution in [3.05, 3.63) is 0 Å². The molecule has 0 aliphatic rings. The van der Waals surface area contributed by atoms with Crippen LogP contribution in [0.15, 0.2) is 4.99 Å². The number of amides is 2. The van der Waals surface area contributed by atoms with Gasteiger partial charge in [0.1, 0.15) is 0 Å². The third-order valence-electron chi connectivity index (χ3n) is 3.96. The van der Waals surface area contributed by atoms with Crippen LogP contribution in [0.3, 0.4) is 0 Å². The Morgan fingerprint density at radius 3 is 2.00 bits per heavy atom. The lowest BCUT2D eigenvalue weighted by molar-refractivity contribution is 0.192. The second-order valence-corrected chi connectivity index (χ2v) is 8.71. The van der Waals surface area contributed by atoms with E-state index in [1.807, 2.05) is 0 Å². The zero-order chi connectivity index (χ0) is 19.1. The molecule has 4 nitrogen and oxygen atoms in total. The first kappa shape index (κ1) is 24.9. The second-order valence-electron chi connectivity index (χ2n) is 6.16. The number of urea groups is 1. The molecule has 0 saturated carbocycles. The molecule has 0 heterocycles. The average Bonchev–Trinajstić information content (AvgIpc) is 2.55. The highest BCUT2D eigenvalue weighted by atomic mass is 35.6. The molecule has 1 N–H and O–H groups in total. The zero-order valence-electron chi connectivity index (χ0n) is 15.2. The summed E-state index contributed by atoms with van der Waals surface area (Å²) < 4.78 is -1.75. The van der Waals surface area contributed by atoms with Crippen molar-refractivity contribution >= 4 is 58.2 Å². The number of isothiocyanates is 1. The van der Waals surface area contributed by atoms with Gasteiger partial charge in [0.15, 0.2) is 6.17 Å². The predicted molar refractivity (Wildman–Crippen MR) is 112 cm³/mol. The molecule has 8 heteroatoms. The smallest absolute Gasteiger partial charge is 0.318 e. The summed E-state index contributed by atoms with van der Waals surface area (Å²) in [6.45, 7) is 2.83. The minimum atomic E-state index is -1.75. The highest BCUT2D eigenvalue weighted by molar-refractivity contribution is 7.78. The zero-order valence-corrected chi connectivity index (χ0v) is 18.3. The number of hydrogen-bond donors (Lipinski definition) is 1. The molecule has 1 atom stereocenters. The van der Waals surface area contributed by atoms with Crippen molar-refractivity contribution in [2.24, 2.45) is 4.99 Å². The van der Waals surface area contributed by atoms with Gasteiger partial charge in [-0.25, -0.2) is 9.79 Å². The first-order valence-corrected chi connectivity index (χ1v) is 10.5. The molecule has 2 amide bonds. The number of nitrogens with one attached hydrogen (secondary N) is 1. The molecule has 0 aromatic carbocycles. The molecule has 0 radical (unpaired) electrons. The molecular weight excluding hydrogens is 401 g/mol. The van der Waals surface area contributed by atoms with E-state index in [1.54, 1.807) is 0 Å². The largest absolute Gasteiger partial charge is 0.338 e. The second kappa shape index (κ2) is 15.0. The van der Waals surface area contributed by atoms with Gasteiger partial charge >= 0.3 is 6.03 Å². The number of aliphatic imine (C=N–C) groups is 1. The maximum Gasteiger partial charge on any atom is 0.318 e. The van der Waals surface area contributed by atoms with Gasteiger partial charge in [0.05, 0.1) is 5.16 Å². The van der Waals surface area contributed by atoms with Gasteiger partial charge in [-0.3, -0.25) is 0 Å². The van der Waals surface area contributed by atoms with Crippen LogP contribution in [0, 0.1) is 0 Å². The number of thiocarbonyl (C=S) groups is 1. The summed E-state index contributed by atoms with van der Waals surface area (Å²) in [6, 6.07) is -0.346. The number of rotatable bonds is 13. The Balaban J connectivity index is 3.80. The first-order chi connectivity index (χ1) is 11.8. The van der Waals surface area contributed by atoms with Crippen molar-refractivity contribution < 1.29 is 4.79 Å². The molecule has 0 fully saturated rings. The van der Waals surface area contributed by atoms with Crippen molar-refractivity contribution in [2.45, 2.75) is 81.1 Å². The molecule has 0 aromatic rings. The normalized spacial score (nSPS) is 12.4. The third-order valence-corrected chi connectivity index (χ3v) is 4.65. The van der Waals surface area contributed by atoms with Crippen molar-refractivity contribution in [1.82, 2.24) is 10.2 Å². The Morgan fingerprint density at radius 1 is 1.08 bits per heavy atom. The fraction of sp³-hybridized carbons (Fsp3) is 0.882. The highest BCUT2D eigenvalue weighted by Crippen LogP contribution is 2.33. The summed E-state index contributed by atoms with van der Waals surface area (Å²) in [5, 5.41) is 4.96. The molecule has 1 unspecified atom stereocenters. The van der Waals surface area contributed by atoms with Crippen LogP contribution in [-0.2, 0) is 0 Å². The summed E-state index contributed by atoms with van der Waals surface area (Å²) in [4.78, 5) is 17.1. The number of alkyl halides is 3. The first-order valence-electron chi connectivity index (χ1n) is 8.99. The summed E-state index contributed by atoms with van der Waals surface area (Å²) in [5.41, 5.74) is 0. The Labute approximate surface area is 172 Å². The molecule has 0 spiro atoms. The number of carbonyl (C=O) groups is 1. The molecule has 0 aliphatic carbocycles. The van der Waals surface area contributed by atoms with Crippen LogP contribution in [0.1, 0.15) is 71.1 Å². The number of nitrogens with zero attached hydrogens (tertiary/aromatic N) is 2. The molecule has 0 rings (SSSR count). The Bertz CT molecular complexity index is 412. The predicted octanol–water partition coefficient (Wildman–Crippen LogP) is 6.35. The number of hydrogen-bond acceptors (Lipinski definition) is 3. The topological polar surface area (TPSA) is 44.7 Å². The van der Waals surface area contributed by atoms with Gasteiger partial charge < -0.3 is 10.2 Å². The summed E-state index contributed by atoms with van der Waals surface area (Å²) in [5.74, 6) is 0. The van der Waals surface area contributed by atoms with E-state index >= 15 is 0 Å². The number of unbranched alkanes of at least 4 members (excludes halogenated alkanes) is 9. The van der Waals surface area contributed by atoms with E-state index in [0.717, 1.165) is 12.8 Å². The summed E-state index contributed by atoms with van der Waals surface area (Å²) in [6.07, 6.45) is 11.5. The van der Waals surface area contributed by atoms with Crippen LogP contribution < -0.4 is 5.32 Å². The lowest BCUT2D eigenvalue weighted by atomic mass is 10.1. The van der Waals surface area contributed by atoms with E-state index in [-0.39, 0.29) is 6.03 Å². The lowest BCUT2D eigenvalue weighted by Gasteiger charge is -2.29. The molecule has 0 bridgehead atoms. The van der Waals surface area contributed by atoms with Crippen LogP contribution in [-0.4, -0.2) is 39.6 Å². The van der Waals surface area contributed by atoms with Crippen LogP contribution in [0.5, 0.6) is 0 Å². The molecule has 146 valence electrons.